The molecule has 0 aliphatic rings. The minimum atomic E-state index is -0.604. The highest BCUT2D eigenvalue weighted by atomic mass is 16.5. The SMILES string of the molecule is CCOC(=O)C(C#N)=C(NC)N(C)C. The lowest BCUT2D eigenvalue weighted by atomic mass is 10.3. The predicted octanol–water partition coefficient (Wildman–Crippen LogP) is 0.0657. The number of carbonyl (C=O) groups excluding carboxylic acids is 1. The molecule has 0 radical (unpaired) electrons. The van der Waals surface area contributed by atoms with Gasteiger partial charge in [-0.2, -0.15) is 5.26 Å². The summed E-state index contributed by atoms with van der Waals surface area (Å²) in [5.74, 6) is -0.154. The van der Waals surface area contributed by atoms with E-state index in [0.29, 0.717) is 5.82 Å². The number of nitriles is 1. The highest BCUT2D eigenvalue weighted by molar-refractivity contribution is 5.93. The molecule has 0 aliphatic carbocycles. The number of hydrogen-bond donors (Lipinski definition) is 1. The number of carbonyl (C=O) groups is 1. The van der Waals surface area contributed by atoms with Gasteiger partial charge < -0.3 is 15.0 Å². The molecule has 0 fully saturated rings. The van der Waals surface area contributed by atoms with Crippen molar-refractivity contribution < 1.29 is 9.53 Å². The van der Waals surface area contributed by atoms with Crippen molar-refractivity contribution in [1.29, 1.82) is 5.26 Å². The van der Waals surface area contributed by atoms with Crippen molar-refractivity contribution in [1.82, 2.24) is 10.2 Å². The zero-order valence-corrected chi connectivity index (χ0v) is 8.92. The fourth-order valence-corrected chi connectivity index (χ4v) is 0.971. The number of ether oxygens (including phenoxy) is 1. The lowest BCUT2D eigenvalue weighted by Crippen LogP contribution is -2.27. The summed E-state index contributed by atoms with van der Waals surface area (Å²) in [7, 11) is 5.12. The average molecular weight is 197 g/mol. The molecular weight excluding hydrogens is 182 g/mol. The van der Waals surface area contributed by atoms with Crippen LogP contribution in [-0.4, -0.2) is 38.6 Å². The predicted molar refractivity (Wildman–Crippen MR) is 52.0 cm³/mol. The topological polar surface area (TPSA) is 65.4 Å². The van der Waals surface area contributed by atoms with E-state index in [9.17, 15) is 4.79 Å². The van der Waals surface area contributed by atoms with Crippen LogP contribution in [0.1, 0.15) is 6.92 Å². The van der Waals surface area contributed by atoms with Crippen molar-refractivity contribution in [3.63, 3.8) is 0 Å². The third-order valence-corrected chi connectivity index (χ3v) is 1.51. The Morgan fingerprint density at radius 2 is 2.14 bits per heavy atom. The van der Waals surface area contributed by atoms with E-state index in [1.807, 2.05) is 6.07 Å². The van der Waals surface area contributed by atoms with Crippen LogP contribution in [0.25, 0.3) is 0 Å². The van der Waals surface area contributed by atoms with Crippen molar-refractivity contribution in [3.05, 3.63) is 11.4 Å². The van der Waals surface area contributed by atoms with Gasteiger partial charge in [-0.25, -0.2) is 4.79 Å². The number of hydrogen-bond acceptors (Lipinski definition) is 5. The van der Waals surface area contributed by atoms with Crippen LogP contribution in [0.2, 0.25) is 0 Å². The summed E-state index contributed by atoms with van der Waals surface area (Å²) in [6.07, 6.45) is 0. The molecule has 0 aromatic heterocycles. The van der Waals surface area contributed by atoms with Crippen molar-refractivity contribution in [2.45, 2.75) is 6.92 Å². The summed E-state index contributed by atoms with van der Waals surface area (Å²) in [6, 6.07) is 1.82. The van der Waals surface area contributed by atoms with E-state index in [2.05, 4.69) is 5.32 Å². The summed E-state index contributed by atoms with van der Waals surface area (Å²) in [5.41, 5.74) is -0.0145. The summed E-state index contributed by atoms with van der Waals surface area (Å²) < 4.78 is 4.74. The number of nitrogens with zero attached hydrogens (tertiary/aromatic N) is 2. The Labute approximate surface area is 83.9 Å². The minimum absolute atomic E-state index is 0.0145. The lowest BCUT2D eigenvalue weighted by molar-refractivity contribution is -0.138. The van der Waals surface area contributed by atoms with Gasteiger partial charge in [0, 0.05) is 21.1 Å². The second kappa shape index (κ2) is 5.86. The molecule has 0 unspecified atom stereocenters. The molecule has 5 nitrogen and oxygen atoms in total. The zero-order chi connectivity index (χ0) is 11.1. The van der Waals surface area contributed by atoms with Gasteiger partial charge in [0.25, 0.3) is 0 Å². The van der Waals surface area contributed by atoms with E-state index in [1.165, 1.54) is 0 Å². The molecule has 78 valence electrons. The van der Waals surface area contributed by atoms with Gasteiger partial charge in [0.1, 0.15) is 11.9 Å². The highest BCUT2D eigenvalue weighted by Crippen LogP contribution is 2.05. The average Bonchev–Trinajstić information content (AvgIpc) is 2.13. The van der Waals surface area contributed by atoms with E-state index in [0.717, 1.165) is 0 Å². The molecule has 0 rings (SSSR count). The molecule has 0 saturated carbocycles. The molecule has 0 amide bonds. The van der Waals surface area contributed by atoms with Gasteiger partial charge in [-0.1, -0.05) is 0 Å². The van der Waals surface area contributed by atoms with Gasteiger partial charge in [0.15, 0.2) is 5.57 Å². The summed E-state index contributed by atoms with van der Waals surface area (Å²) >= 11 is 0. The van der Waals surface area contributed by atoms with Crippen LogP contribution in [0.3, 0.4) is 0 Å². The van der Waals surface area contributed by atoms with Crippen molar-refractivity contribution in [3.8, 4) is 6.07 Å². The standard InChI is InChI=1S/C9H15N3O2/c1-5-14-9(13)7(6-10)8(11-2)12(3)4/h11H,5H2,1-4H3. The molecule has 14 heavy (non-hydrogen) atoms. The monoisotopic (exact) mass is 197 g/mol. The Kier molecular flexibility index (Phi) is 5.15. The first-order valence-corrected chi connectivity index (χ1v) is 4.25. The Morgan fingerprint density at radius 3 is 2.43 bits per heavy atom. The number of esters is 1. The van der Waals surface area contributed by atoms with Crippen LogP contribution in [-0.2, 0) is 9.53 Å². The van der Waals surface area contributed by atoms with Crippen molar-refractivity contribution in [2.24, 2.45) is 0 Å². The third-order valence-electron chi connectivity index (χ3n) is 1.51. The van der Waals surface area contributed by atoms with E-state index in [4.69, 9.17) is 10.00 Å². The Morgan fingerprint density at radius 1 is 1.57 bits per heavy atom. The van der Waals surface area contributed by atoms with E-state index >= 15 is 0 Å². The molecule has 0 saturated heterocycles. The fourth-order valence-electron chi connectivity index (χ4n) is 0.971. The van der Waals surface area contributed by atoms with Gasteiger partial charge in [-0.3, -0.25) is 0 Å². The Balaban J connectivity index is 5.01. The molecule has 0 heterocycles. The van der Waals surface area contributed by atoms with Gasteiger partial charge >= 0.3 is 5.97 Å². The molecule has 0 atom stereocenters. The second-order valence-electron chi connectivity index (χ2n) is 2.70. The molecule has 1 N–H and O–H groups in total. The summed E-state index contributed by atoms with van der Waals surface area (Å²) in [4.78, 5) is 13.0. The van der Waals surface area contributed by atoms with E-state index in [1.54, 1.807) is 33.0 Å². The zero-order valence-electron chi connectivity index (χ0n) is 8.92. The van der Waals surface area contributed by atoms with Gasteiger partial charge in [0.05, 0.1) is 6.61 Å². The van der Waals surface area contributed by atoms with E-state index < -0.39 is 5.97 Å². The Hall–Kier alpha value is -1.70. The maximum absolute atomic E-state index is 11.3. The van der Waals surface area contributed by atoms with Crippen LogP contribution in [0.4, 0.5) is 0 Å². The van der Waals surface area contributed by atoms with Crippen LogP contribution < -0.4 is 5.32 Å². The van der Waals surface area contributed by atoms with Crippen LogP contribution in [0, 0.1) is 11.3 Å². The van der Waals surface area contributed by atoms with Gasteiger partial charge in [0.2, 0.25) is 0 Å². The second-order valence-corrected chi connectivity index (χ2v) is 2.70. The van der Waals surface area contributed by atoms with Crippen molar-refractivity contribution in [2.75, 3.05) is 27.7 Å². The first-order valence-electron chi connectivity index (χ1n) is 4.25. The minimum Gasteiger partial charge on any atom is -0.462 e. The van der Waals surface area contributed by atoms with Crippen LogP contribution >= 0.6 is 0 Å². The van der Waals surface area contributed by atoms with Gasteiger partial charge in [-0.15, -0.1) is 0 Å². The maximum atomic E-state index is 11.3. The Bertz CT molecular complexity index is 276. The summed E-state index contributed by atoms with van der Waals surface area (Å²) in [5, 5.41) is 11.6. The molecular formula is C9H15N3O2. The van der Waals surface area contributed by atoms with E-state index in [-0.39, 0.29) is 12.2 Å². The van der Waals surface area contributed by atoms with Crippen LogP contribution in [0.15, 0.2) is 11.4 Å². The molecule has 0 aromatic rings. The highest BCUT2D eigenvalue weighted by Gasteiger charge is 2.16. The number of rotatable bonds is 4. The lowest BCUT2D eigenvalue weighted by Gasteiger charge is -2.17. The molecule has 0 aromatic carbocycles. The molecule has 5 heteroatoms. The largest absolute Gasteiger partial charge is 0.462 e. The third kappa shape index (κ3) is 2.98. The number of nitrogens with one attached hydrogen (secondary N) is 1. The molecule has 0 bridgehead atoms. The summed E-state index contributed by atoms with van der Waals surface area (Å²) in [6.45, 7) is 1.95. The van der Waals surface area contributed by atoms with Crippen LogP contribution in [0.5, 0.6) is 0 Å². The first kappa shape index (κ1) is 12.3. The smallest absolute Gasteiger partial charge is 0.352 e. The molecule has 0 aliphatic heterocycles. The fraction of sp³-hybridized carbons (Fsp3) is 0.556. The quantitative estimate of drug-likeness (QED) is 0.392. The normalized spacial score (nSPS) is 11.1. The molecule has 0 spiro atoms. The van der Waals surface area contributed by atoms with Crippen molar-refractivity contribution >= 4 is 5.97 Å². The van der Waals surface area contributed by atoms with Gasteiger partial charge in [-0.05, 0) is 6.92 Å². The first-order chi connectivity index (χ1) is 6.58. The maximum Gasteiger partial charge on any atom is 0.352 e.